The third-order valence-corrected chi connectivity index (χ3v) is 6.28. The van der Waals surface area contributed by atoms with E-state index in [1.807, 2.05) is 42.5 Å². The molecule has 3 aromatic carbocycles. The number of para-hydroxylation sites is 1. The first kappa shape index (κ1) is 23.6. The largest absolute Gasteiger partial charge is 0.457 e. The van der Waals surface area contributed by atoms with Gasteiger partial charge >= 0.3 is 0 Å². The monoisotopic (exact) mass is 472 g/mol. The van der Waals surface area contributed by atoms with Gasteiger partial charge in [-0.25, -0.2) is 8.42 Å². The molecule has 0 spiro atoms. The van der Waals surface area contributed by atoms with Gasteiger partial charge in [0.05, 0.1) is 11.9 Å². The zero-order valence-electron chi connectivity index (χ0n) is 17.9. The first-order chi connectivity index (χ1) is 15.2. The number of ether oxygens (including phenoxy) is 1. The van der Waals surface area contributed by atoms with E-state index in [9.17, 15) is 13.2 Å². The SMILES string of the molecule is C[C@H](C(=O)NCCc1ccc(Cl)cc1)N(c1ccc(Oc2ccccc2)cc1)S(C)(=O)=O. The van der Waals surface area contributed by atoms with Crippen LogP contribution in [0.1, 0.15) is 12.5 Å². The number of hydrogen-bond donors (Lipinski definition) is 1. The van der Waals surface area contributed by atoms with Gasteiger partial charge in [0.2, 0.25) is 15.9 Å². The van der Waals surface area contributed by atoms with Crippen molar-refractivity contribution in [2.75, 3.05) is 17.1 Å². The van der Waals surface area contributed by atoms with Gasteiger partial charge in [-0.2, -0.15) is 0 Å². The predicted octanol–water partition coefficient (Wildman–Crippen LogP) is 4.65. The molecule has 0 aliphatic heterocycles. The number of benzene rings is 3. The minimum absolute atomic E-state index is 0.381. The lowest BCUT2D eigenvalue weighted by Gasteiger charge is -2.28. The Morgan fingerprint density at radius 3 is 2.16 bits per heavy atom. The van der Waals surface area contributed by atoms with Crippen molar-refractivity contribution >= 4 is 33.2 Å². The number of nitrogens with one attached hydrogen (secondary N) is 1. The number of rotatable bonds is 9. The second-order valence-electron chi connectivity index (χ2n) is 7.31. The van der Waals surface area contributed by atoms with Crippen molar-refractivity contribution in [1.29, 1.82) is 0 Å². The van der Waals surface area contributed by atoms with Crippen molar-refractivity contribution in [2.24, 2.45) is 0 Å². The molecule has 0 aromatic heterocycles. The van der Waals surface area contributed by atoms with E-state index in [-0.39, 0.29) is 5.91 Å². The van der Waals surface area contributed by atoms with E-state index in [1.165, 1.54) is 0 Å². The minimum atomic E-state index is -3.70. The molecule has 0 aliphatic rings. The molecule has 1 N–H and O–H groups in total. The summed E-state index contributed by atoms with van der Waals surface area (Å²) in [5.41, 5.74) is 1.41. The summed E-state index contributed by atoms with van der Waals surface area (Å²) < 4.78 is 31.8. The van der Waals surface area contributed by atoms with Crippen LogP contribution >= 0.6 is 11.6 Å². The van der Waals surface area contributed by atoms with Gasteiger partial charge in [0.25, 0.3) is 0 Å². The maximum absolute atomic E-state index is 12.7. The van der Waals surface area contributed by atoms with Crippen molar-refractivity contribution in [3.05, 3.63) is 89.4 Å². The molecule has 168 valence electrons. The maximum atomic E-state index is 12.7. The van der Waals surface area contributed by atoms with Gasteiger partial charge < -0.3 is 10.1 Å². The van der Waals surface area contributed by atoms with E-state index in [0.717, 1.165) is 16.1 Å². The lowest BCUT2D eigenvalue weighted by atomic mass is 10.1. The van der Waals surface area contributed by atoms with E-state index in [2.05, 4.69) is 5.32 Å². The summed E-state index contributed by atoms with van der Waals surface area (Å²) in [6, 6.07) is 22.3. The second-order valence-corrected chi connectivity index (χ2v) is 9.61. The Morgan fingerprint density at radius 2 is 1.56 bits per heavy atom. The van der Waals surface area contributed by atoms with Crippen LogP contribution in [0.5, 0.6) is 11.5 Å². The third-order valence-electron chi connectivity index (χ3n) is 4.78. The highest BCUT2D eigenvalue weighted by atomic mass is 35.5. The molecular formula is C24H25ClN2O4S. The molecule has 1 amide bonds. The molecule has 0 unspecified atom stereocenters. The maximum Gasteiger partial charge on any atom is 0.243 e. The molecule has 0 aliphatic carbocycles. The number of nitrogens with zero attached hydrogens (tertiary/aromatic N) is 1. The van der Waals surface area contributed by atoms with E-state index < -0.39 is 16.1 Å². The summed E-state index contributed by atoms with van der Waals surface area (Å²) in [5, 5.41) is 3.46. The predicted molar refractivity (Wildman–Crippen MR) is 128 cm³/mol. The Bertz CT molecular complexity index is 1130. The van der Waals surface area contributed by atoms with E-state index in [0.29, 0.717) is 35.2 Å². The lowest BCUT2D eigenvalue weighted by molar-refractivity contribution is -0.121. The van der Waals surface area contributed by atoms with Crippen LogP contribution in [-0.4, -0.2) is 33.2 Å². The van der Waals surface area contributed by atoms with Crippen LogP contribution in [0.3, 0.4) is 0 Å². The minimum Gasteiger partial charge on any atom is -0.457 e. The number of anilines is 1. The van der Waals surface area contributed by atoms with E-state index in [1.54, 1.807) is 43.3 Å². The first-order valence-corrected chi connectivity index (χ1v) is 12.3. The number of amides is 1. The summed E-state index contributed by atoms with van der Waals surface area (Å²) in [6.07, 6.45) is 1.69. The van der Waals surface area contributed by atoms with Crippen molar-refractivity contribution in [1.82, 2.24) is 5.32 Å². The van der Waals surface area contributed by atoms with Crippen molar-refractivity contribution < 1.29 is 17.9 Å². The summed E-state index contributed by atoms with van der Waals surface area (Å²) in [4.78, 5) is 12.7. The molecule has 0 fully saturated rings. The van der Waals surface area contributed by atoms with Crippen LogP contribution in [-0.2, 0) is 21.2 Å². The van der Waals surface area contributed by atoms with Gasteiger partial charge in [-0.3, -0.25) is 9.10 Å². The summed E-state index contributed by atoms with van der Waals surface area (Å²) >= 11 is 5.88. The van der Waals surface area contributed by atoms with Gasteiger partial charge in [0, 0.05) is 11.6 Å². The smallest absolute Gasteiger partial charge is 0.243 e. The average molecular weight is 473 g/mol. The zero-order valence-corrected chi connectivity index (χ0v) is 19.4. The molecule has 0 saturated heterocycles. The van der Waals surface area contributed by atoms with E-state index >= 15 is 0 Å². The highest BCUT2D eigenvalue weighted by molar-refractivity contribution is 7.92. The van der Waals surface area contributed by atoms with Crippen LogP contribution in [0.4, 0.5) is 5.69 Å². The van der Waals surface area contributed by atoms with Crippen LogP contribution in [0, 0.1) is 0 Å². The van der Waals surface area contributed by atoms with Gasteiger partial charge in [-0.05, 0) is 67.4 Å². The van der Waals surface area contributed by atoms with E-state index in [4.69, 9.17) is 16.3 Å². The fraction of sp³-hybridized carbons (Fsp3) is 0.208. The first-order valence-electron chi connectivity index (χ1n) is 10.1. The fourth-order valence-electron chi connectivity index (χ4n) is 3.22. The Morgan fingerprint density at radius 1 is 0.969 bits per heavy atom. The Kier molecular flexibility index (Phi) is 7.77. The summed E-state index contributed by atoms with van der Waals surface area (Å²) in [5.74, 6) is 0.858. The highest BCUT2D eigenvalue weighted by Crippen LogP contribution is 2.27. The van der Waals surface area contributed by atoms with Crippen LogP contribution < -0.4 is 14.4 Å². The Hall–Kier alpha value is -3.03. The fourth-order valence-corrected chi connectivity index (χ4v) is 4.52. The molecule has 0 radical (unpaired) electrons. The number of halogens is 1. The lowest BCUT2D eigenvalue weighted by Crippen LogP contribution is -2.48. The second kappa shape index (κ2) is 10.5. The van der Waals surface area contributed by atoms with Crippen LogP contribution in [0.25, 0.3) is 0 Å². The van der Waals surface area contributed by atoms with Crippen molar-refractivity contribution in [3.63, 3.8) is 0 Å². The highest BCUT2D eigenvalue weighted by Gasteiger charge is 2.29. The molecule has 1 atom stereocenters. The molecule has 6 nitrogen and oxygen atoms in total. The Labute approximate surface area is 193 Å². The van der Waals surface area contributed by atoms with Crippen molar-refractivity contribution in [3.8, 4) is 11.5 Å². The quantitative estimate of drug-likeness (QED) is 0.492. The number of carbonyl (C=O) groups is 1. The third kappa shape index (κ3) is 6.48. The molecule has 32 heavy (non-hydrogen) atoms. The number of sulfonamides is 1. The molecule has 3 aromatic rings. The molecule has 0 saturated carbocycles. The number of carbonyl (C=O) groups excluding carboxylic acids is 1. The van der Waals surface area contributed by atoms with Gasteiger partial charge in [0.15, 0.2) is 0 Å². The van der Waals surface area contributed by atoms with Crippen LogP contribution in [0.2, 0.25) is 5.02 Å². The molecule has 0 heterocycles. The molecule has 3 rings (SSSR count). The summed E-state index contributed by atoms with van der Waals surface area (Å²) in [7, 11) is -3.70. The standard InChI is InChI=1S/C24H25ClN2O4S/c1-18(24(28)26-17-16-19-8-10-20(25)11-9-19)27(32(2,29)30)21-12-14-23(15-13-21)31-22-6-4-3-5-7-22/h3-15,18H,16-17H2,1-2H3,(H,26,28)/t18-/m1/s1. The summed E-state index contributed by atoms with van der Waals surface area (Å²) in [6.45, 7) is 1.94. The normalized spacial score (nSPS) is 12.1. The molecule has 0 bridgehead atoms. The number of hydrogen-bond acceptors (Lipinski definition) is 4. The zero-order chi connectivity index (χ0) is 23.1. The molecular weight excluding hydrogens is 448 g/mol. The Balaban J connectivity index is 1.67. The van der Waals surface area contributed by atoms with Gasteiger partial charge in [0.1, 0.15) is 17.5 Å². The van der Waals surface area contributed by atoms with Crippen LogP contribution in [0.15, 0.2) is 78.9 Å². The van der Waals surface area contributed by atoms with Gasteiger partial charge in [-0.1, -0.05) is 41.9 Å². The average Bonchev–Trinajstić information content (AvgIpc) is 2.76. The topological polar surface area (TPSA) is 75.7 Å². The van der Waals surface area contributed by atoms with Gasteiger partial charge in [-0.15, -0.1) is 0 Å². The molecule has 8 heteroatoms. The van der Waals surface area contributed by atoms with Crippen molar-refractivity contribution in [2.45, 2.75) is 19.4 Å².